The Kier molecular flexibility index (Phi) is 2.22. The van der Waals surface area contributed by atoms with Crippen LogP contribution in [0.25, 0.3) is 17.1 Å². The smallest absolute Gasteiger partial charge is 0.250 e. The zero-order valence-electron chi connectivity index (χ0n) is 9.05. The number of H-pyrrole nitrogens is 1. The Morgan fingerprint density at radius 1 is 1.29 bits per heavy atom. The zero-order chi connectivity index (χ0) is 11.7. The lowest BCUT2D eigenvalue weighted by Crippen LogP contribution is -1.92. The maximum absolute atomic E-state index is 4.94. The molecule has 0 spiro atoms. The van der Waals surface area contributed by atoms with Crippen LogP contribution in [-0.4, -0.2) is 20.1 Å². The van der Waals surface area contributed by atoms with Gasteiger partial charge in [0.05, 0.1) is 17.5 Å². The van der Waals surface area contributed by atoms with E-state index in [-0.39, 0.29) is 0 Å². The van der Waals surface area contributed by atoms with E-state index in [0.29, 0.717) is 18.1 Å². The van der Waals surface area contributed by atoms with Gasteiger partial charge in [-0.05, 0) is 18.2 Å². The summed E-state index contributed by atoms with van der Waals surface area (Å²) in [5.41, 5.74) is 1.95. The lowest BCUT2D eigenvalue weighted by Gasteiger charge is -1.87. The molecular weight excluding hydrogens is 216 g/mol. The van der Waals surface area contributed by atoms with Crippen molar-refractivity contribution in [2.75, 3.05) is 0 Å². The number of nitrogens with zero attached hydrogens (tertiary/aromatic N) is 3. The molecule has 5 heteroatoms. The van der Waals surface area contributed by atoms with Crippen LogP contribution in [-0.2, 0) is 6.42 Å². The molecule has 17 heavy (non-hydrogen) atoms. The Bertz CT molecular complexity index is 635. The van der Waals surface area contributed by atoms with E-state index in [1.165, 1.54) is 6.08 Å². The minimum absolute atomic E-state index is 0.427. The van der Waals surface area contributed by atoms with Crippen LogP contribution in [0.2, 0.25) is 0 Å². The van der Waals surface area contributed by atoms with Gasteiger partial charge in [0, 0.05) is 0 Å². The second-order valence-corrected chi connectivity index (χ2v) is 3.63. The number of aromatic amines is 1. The molecule has 0 bridgehead atoms. The van der Waals surface area contributed by atoms with Crippen molar-refractivity contribution in [2.24, 2.45) is 0 Å². The summed E-state index contributed by atoms with van der Waals surface area (Å²) in [5, 5.41) is 3.84. The number of para-hydroxylation sites is 2. The van der Waals surface area contributed by atoms with E-state index in [2.05, 4.69) is 26.7 Å². The molecule has 0 radical (unpaired) electrons. The summed E-state index contributed by atoms with van der Waals surface area (Å²) in [6.45, 7) is 3.57. The first kappa shape index (κ1) is 9.77. The molecule has 1 aromatic carbocycles. The fraction of sp³-hybridized carbons (Fsp3) is 0.0833. The largest absolute Gasteiger partial charge is 0.342 e. The van der Waals surface area contributed by atoms with E-state index in [1.807, 2.05) is 24.3 Å². The molecule has 3 aromatic rings. The highest BCUT2D eigenvalue weighted by atomic mass is 16.5. The molecule has 0 unspecified atom stereocenters. The lowest BCUT2D eigenvalue weighted by molar-refractivity contribution is 0.404. The molecule has 5 nitrogen and oxygen atoms in total. The lowest BCUT2D eigenvalue weighted by atomic mass is 10.3. The number of rotatable bonds is 3. The van der Waals surface area contributed by atoms with Gasteiger partial charge in [0.1, 0.15) is 5.82 Å². The van der Waals surface area contributed by atoms with Gasteiger partial charge in [-0.25, -0.2) is 4.98 Å². The Labute approximate surface area is 97.2 Å². The minimum Gasteiger partial charge on any atom is -0.342 e. The van der Waals surface area contributed by atoms with Gasteiger partial charge < -0.3 is 9.51 Å². The highest BCUT2D eigenvalue weighted by Crippen LogP contribution is 2.12. The van der Waals surface area contributed by atoms with Crippen LogP contribution in [0.4, 0.5) is 0 Å². The van der Waals surface area contributed by atoms with Crippen molar-refractivity contribution in [3.05, 3.63) is 48.4 Å². The Hall–Kier alpha value is -2.43. The fourth-order valence-corrected chi connectivity index (χ4v) is 1.66. The predicted octanol–water partition coefficient (Wildman–Crippen LogP) is 2.18. The van der Waals surface area contributed by atoms with Crippen LogP contribution in [0.1, 0.15) is 17.5 Å². The summed E-state index contributed by atoms with van der Waals surface area (Å²) in [7, 11) is 0. The number of aromatic nitrogens is 4. The van der Waals surface area contributed by atoms with Crippen molar-refractivity contribution in [3.8, 4) is 0 Å². The van der Waals surface area contributed by atoms with Gasteiger partial charge in [-0.3, -0.25) is 0 Å². The third kappa shape index (κ3) is 1.82. The summed E-state index contributed by atoms with van der Waals surface area (Å²) in [6, 6.07) is 7.86. The second kappa shape index (κ2) is 3.86. The van der Waals surface area contributed by atoms with Crippen molar-refractivity contribution in [1.29, 1.82) is 0 Å². The molecule has 0 aliphatic carbocycles. The van der Waals surface area contributed by atoms with E-state index in [9.17, 15) is 0 Å². The standard InChI is InChI=1S/C12H10N4O/c1-2-12-15-11(16-17-12)7-10-13-8-5-3-4-6-9(8)14-10/h2-6H,1,7H2,(H,13,14). The van der Waals surface area contributed by atoms with E-state index in [1.54, 1.807) is 0 Å². The van der Waals surface area contributed by atoms with Crippen molar-refractivity contribution >= 4 is 17.1 Å². The van der Waals surface area contributed by atoms with Gasteiger partial charge in [-0.15, -0.1) is 0 Å². The third-order valence-corrected chi connectivity index (χ3v) is 2.42. The van der Waals surface area contributed by atoms with E-state index in [4.69, 9.17) is 4.52 Å². The first-order valence-electron chi connectivity index (χ1n) is 5.24. The quantitative estimate of drug-likeness (QED) is 0.743. The van der Waals surface area contributed by atoms with Gasteiger partial charge in [0.25, 0.3) is 0 Å². The van der Waals surface area contributed by atoms with Crippen LogP contribution in [0.15, 0.2) is 35.4 Å². The summed E-state index contributed by atoms with van der Waals surface area (Å²) >= 11 is 0. The van der Waals surface area contributed by atoms with Gasteiger partial charge in [-0.2, -0.15) is 4.98 Å². The van der Waals surface area contributed by atoms with Crippen LogP contribution < -0.4 is 0 Å². The molecule has 2 aromatic heterocycles. The average Bonchev–Trinajstić information content (AvgIpc) is 2.94. The molecule has 0 atom stereocenters. The molecule has 3 rings (SSSR count). The molecule has 1 N–H and O–H groups in total. The van der Waals surface area contributed by atoms with Crippen LogP contribution in [0, 0.1) is 0 Å². The Morgan fingerprint density at radius 3 is 2.94 bits per heavy atom. The first-order valence-corrected chi connectivity index (χ1v) is 5.24. The predicted molar refractivity (Wildman–Crippen MR) is 63.3 cm³/mol. The number of nitrogens with one attached hydrogen (secondary N) is 1. The molecular formula is C12H10N4O. The highest BCUT2D eigenvalue weighted by Gasteiger charge is 2.08. The number of fused-ring (bicyclic) bond motifs is 1. The van der Waals surface area contributed by atoms with Crippen molar-refractivity contribution in [2.45, 2.75) is 6.42 Å². The number of benzene rings is 1. The molecule has 0 aliphatic heterocycles. The highest BCUT2D eigenvalue weighted by molar-refractivity contribution is 5.74. The average molecular weight is 226 g/mol. The second-order valence-electron chi connectivity index (χ2n) is 3.63. The maximum atomic E-state index is 4.94. The minimum atomic E-state index is 0.427. The molecule has 0 fully saturated rings. The molecule has 2 heterocycles. The van der Waals surface area contributed by atoms with Crippen molar-refractivity contribution in [3.63, 3.8) is 0 Å². The number of hydrogen-bond donors (Lipinski definition) is 1. The van der Waals surface area contributed by atoms with Crippen molar-refractivity contribution in [1.82, 2.24) is 20.1 Å². The summed E-state index contributed by atoms with van der Waals surface area (Å²) in [4.78, 5) is 11.8. The molecule has 0 saturated heterocycles. The Balaban J connectivity index is 1.91. The van der Waals surface area contributed by atoms with E-state index < -0.39 is 0 Å². The summed E-state index contributed by atoms with van der Waals surface area (Å²) < 4.78 is 4.94. The first-order chi connectivity index (χ1) is 8.35. The summed E-state index contributed by atoms with van der Waals surface area (Å²) in [6.07, 6.45) is 2.04. The molecule has 0 saturated carbocycles. The fourth-order valence-electron chi connectivity index (χ4n) is 1.66. The number of imidazole rings is 1. The van der Waals surface area contributed by atoms with Gasteiger partial charge in [0.15, 0.2) is 5.82 Å². The van der Waals surface area contributed by atoms with Crippen molar-refractivity contribution < 1.29 is 4.52 Å². The zero-order valence-corrected chi connectivity index (χ0v) is 9.05. The monoisotopic (exact) mass is 226 g/mol. The van der Waals surface area contributed by atoms with Gasteiger partial charge >= 0.3 is 0 Å². The Morgan fingerprint density at radius 2 is 2.18 bits per heavy atom. The van der Waals surface area contributed by atoms with E-state index in [0.717, 1.165) is 16.9 Å². The number of hydrogen-bond acceptors (Lipinski definition) is 4. The van der Waals surface area contributed by atoms with Crippen LogP contribution in [0.3, 0.4) is 0 Å². The SMILES string of the molecule is C=Cc1nc(Cc2nc3ccccc3[nH]2)no1. The molecule has 0 amide bonds. The van der Waals surface area contributed by atoms with Gasteiger partial charge in [0.2, 0.25) is 5.89 Å². The topological polar surface area (TPSA) is 67.6 Å². The van der Waals surface area contributed by atoms with Gasteiger partial charge in [-0.1, -0.05) is 23.9 Å². The third-order valence-electron chi connectivity index (χ3n) is 2.42. The van der Waals surface area contributed by atoms with E-state index >= 15 is 0 Å². The normalized spacial score (nSPS) is 10.8. The summed E-state index contributed by atoms with van der Waals surface area (Å²) in [5.74, 6) is 1.85. The molecule has 84 valence electrons. The maximum Gasteiger partial charge on any atom is 0.250 e. The van der Waals surface area contributed by atoms with Crippen LogP contribution >= 0.6 is 0 Å². The molecule has 0 aliphatic rings. The van der Waals surface area contributed by atoms with Crippen LogP contribution in [0.5, 0.6) is 0 Å².